The summed E-state index contributed by atoms with van der Waals surface area (Å²) in [6.07, 6.45) is 4.46. The predicted molar refractivity (Wildman–Crippen MR) is 72.7 cm³/mol. The van der Waals surface area contributed by atoms with E-state index < -0.39 is 5.54 Å². The minimum Gasteiger partial charge on any atom is -0.467 e. The summed E-state index contributed by atoms with van der Waals surface area (Å²) in [6.45, 7) is 5.51. The molecule has 1 saturated heterocycles. The highest BCUT2D eigenvalue weighted by Gasteiger charge is 2.42. The van der Waals surface area contributed by atoms with Crippen LogP contribution in [0.5, 0.6) is 0 Å². The lowest BCUT2D eigenvalue weighted by Gasteiger charge is -2.38. The molecule has 0 amide bonds. The van der Waals surface area contributed by atoms with Gasteiger partial charge >= 0.3 is 5.97 Å². The van der Waals surface area contributed by atoms with Crippen molar-refractivity contribution in [1.29, 1.82) is 0 Å². The highest BCUT2D eigenvalue weighted by Crippen LogP contribution is 2.29. The first-order valence-electron chi connectivity index (χ1n) is 6.64. The van der Waals surface area contributed by atoms with E-state index in [1.165, 1.54) is 7.11 Å². The molecule has 0 bridgehead atoms. The maximum atomic E-state index is 12.3. The van der Waals surface area contributed by atoms with Crippen LogP contribution < -0.4 is 5.32 Å². The largest absolute Gasteiger partial charge is 0.467 e. The second-order valence-corrected chi connectivity index (χ2v) is 4.89. The zero-order valence-electron chi connectivity index (χ0n) is 11.6. The first-order chi connectivity index (χ1) is 9.19. The van der Waals surface area contributed by atoms with E-state index in [-0.39, 0.29) is 5.97 Å². The summed E-state index contributed by atoms with van der Waals surface area (Å²) in [5, 5.41) is 3.35. The summed E-state index contributed by atoms with van der Waals surface area (Å²) in [4.78, 5) is 18.6. The van der Waals surface area contributed by atoms with Crippen molar-refractivity contribution in [1.82, 2.24) is 15.2 Å². The molecule has 2 rings (SSSR count). The first-order valence-corrected chi connectivity index (χ1v) is 6.64. The molecule has 1 aromatic heterocycles. The Balaban J connectivity index is 2.36. The molecular weight excluding hydrogens is 242 g/mol. The normalized spacial score (nSPS) is 20.3. The number of aromatic nitrogens is 1. The maximum Gasteiger partial charge on any atom is 0.330 e. The Morgan fingerprint density at radius 3 is 2.79 bits per heavy atom. The van der Waals surface area contributed by atoms with Gasteiger partial charge in [-0.25, -0.2) is 4.79 Å². The van der Waals surface area contributed by atoms with Crippen molar-refractivity contribution >= 4 is 5.97 Å². The highest BCUT2D eigenvalue weighted by molar-refractivity contribution is 5.82. The number of nitrogens with zero attached hydrogens (tertiary/aromatic N) is 2. The quantitative estimate of drug-likeness (QED) is 0.816. The molecule has 1 fully saturated rings. The fourth-order valence-corrected chi connectivity index (χ4v) is 2.60. The van der Waals surface area contributed by atoms with E-state index in [2.05, 4.69) is 15.2 Å². The Morgan fingerprint density at radius 2 is 2.11 bits per heavy atom. The van der Waals surface area contributed by atoms with Gasteiger partial charge in [0.05, 0.1) is 7.11 Å². The molecule has 0 saturated carbocycles. The lowest BCUT2D eigenvalue weighted by atomic mass is 9.90. The van der Waals surface area contributed by atoms with Gasteiger partial charge in [-0.15, -0.1) is 0 Å². The highest BCUT2D eigenvalue weighted by atomic mass is 16.5. The van der Waals surface area contributed by atoms with Crippen LogP contribution in [-0.4, -0.2) is 49.1 Å². The number of rotatable bonds is 3. The minimum absolute atomic E-state index is 0.222. The van der Waals surface area contributed by atoms with Gasteiger partial charge < -0.3 is 10.1 Å². The van der Waals surface area contributed by atoms with Crippen LogP contribution in [0.25, 0.3) is 0 Å². The zero-order chi connectivity index (χ0) is 13.7. The Bertz CT molecular complexity index is 416. The number of ether oxygens (including phenoxy) is 1. The molecule has 0 radical (unpaired) electrons. The van der Waals surface area contributed by atoms with Crippen molar-refractivity contribution in [3.8, 4) is 0 Å². The van der Waals surface area contributed by atoms with Crippen molar-refractivity contribution in [3.05, 3.63) is 30.1 Å². The van der Waals surface area contributed by atoms with E-state index >= 15 is 0 Å². The smallest absolute Gasteiger partial charge is 0.330 e. The van der Waals surface area contributed by atoms with Crippen LogP contribution >= 0.6 is 0 Å². The first kappa shape index (κ1) is 14.0. The monoisotopic (exact) mass is 263 g/mol. The average Bonchev–Trinajstić information content (AvgIpc) is 2.76. The Labute approximate surface area is 114 Å². The number of methoxy groups -OCH3 is 1. The molecule has 1 unspecified atom stereocenters. The van der Waals surface area contributed by atoms with Gasteiger partial charge in [0.2, 0.25) is 0 Å². The van der Waals surface area contributed by atoms with Gasteiger partial charge in [0.15, 0.2) is 0 Å². The summed E-state index contributed by atoms with van der Waals surface area (Å²) in [7, 11) is 1.44. The molecule has 1 aliphatic rings. The molecule has 5 heteroatoms. The Kier molecular flexibility index (Phi) is 4.50. The lowest BCUT2D eigenvalue weighted by Crippen LogP contribution is -2.51. The lowest BCUT2D eigenvalue weighted by molar-refractivity contribution is -0.155. The third kappa shape index (κ3) is 2.77. The molecule has 1 N–H and O–H groups in total. The Hall–Kier alpha value is -1.46. The number of pyridine rings is 1. The van der Waals surface area contributed by atoms with Gasteiger partial charge in [0.25, 0.3) is 0 Å². The van der Waals surface area contributed by atoms with E-state index in [0.29, 0.717) is 0 Å². The molecule has 19 heavy (non-hydrogen) atoms. The fraction of sp³-hybridized carbons (Fsp3) is 0.571. The number of hydrogen-bond donors (Lipinski definition) is 1. The molecule has 0 aromatic carbocycles. The van der Waals surface area contributed by atoms with Gasteiger partial charge in [-0.3, -0.25) is 9.88 Å². The minimum atomic E-state index is -0.746. The number of carbonyl (C=O) groups excluding carboxylic acids is 1. The average molecular weight is 263 g/mol. The van der Waals surface area contributed by atoms with Gasteiger partial charge in [-0.1, -0.05) is 0 Å². The molecule has 1 atom stereocenters. The SMILES string of the molecule is COC(=O)C(C)(c1ccncc1)N1CCCNCC1. The summed E-state index contributed by atoms with van der Waals surface area (Å²) < 4.78 is 5.04. The summed E-state index contributed by atoms with van der Waals surface area (Å²) in [6, 6.07) is 3.77. The van der Waals surface area contributed by atoms with Crippen LogP contribution in [-0.2, 0) is 15.1 Å². The summed E-state index contributed by atoms with van der Waals surface area (Å²) in [5.74, 6) is -0.222. The van der Waals surface area contributed by atoms with Crippen molar-refractivity contribution in [2.75, 3.05) is 33.3 Å². The third-order valence-electron chi connectivity index (χ3n) is 3.80. The number of carbonyl (C=O) groups is 1. The van der Waals surface area contributed by atoms with Crippen LogP contribution in [0.2, 0.25) is 0 Å². The van der Waals surface area contributed by atoms with Crippen molar-refractivity contribution in [3.63, 3.8) is 0 Å². The van der Waals surface area contributed by atoms with E-state index in [9.17, 15) is 4.79 Å². The number of esters is 1. The fourth-order valence-electron chi connectivity index (χ4n) is 2.60. The van der Waals surface area contributed by atoms with Crippen LogP contribution in [0.1, 0.15) is 18.9 Å². The van der Waals surface area contributed by atoms with Crippen molar-refractivity contribution in [2.24, 2.45) is 0 Å². The van der Waals surface area contributed by atoms with Crippen LogP contribution in [0.3, 0.4) is 0 Å². The molecular formula is C14H21N3O2. The Morgan fingerprint density at radius 1 is 1.37 bits per heavy atom. The molecule has 5 nitrogen and oxygen atoms in total. The van der Waals surface area contributed by atoms with Gasteiger partial charge in [0.1, 0.15) is 5.54 Å². The van der Waals surface area contributed by atoms with E-state index in [1.54, 1.807) is 12.4 Å². The van der Waals surface area contributed by atoms with E-state index in [0.717, 1.165) is 38.2 Å². The molecule has 0 aliphatic carbocycles. The standard InChI is InChI=1S/C14H21N3O2/c1-14(13(18)19-2,12-4-7-16-8-5-12)17-10-3-6-15-9-11-17/h4-5,7-8,15H,3,6,9-11H2,1-2H3. The third-order valence-corrected chi connectivity index (χ3v) is 3.80. The number of nitrogens with one attached hydrogen (secondary N) is 1. The topological polar surface area (TPSA) is 54.5 Å². The zero-order valence-corrected chi connectivity index (χ0v) is 11.6. The van der Waals surface area contributed by atoms with E-state index in [4.69, 9.17) is 4.74 Å². The maximum absolute atomic E-state index is 12.3. The van der Waals surface area contributed by atoms with Gasteiger partial charge in [0, 0.05) is 32.0 Å². The second kappa shape index (κ2) is 6.12. The van der Waals surface area contributed by atoms with Gasteiger partial charge in [-0.2, -0.15) is 0 Å². The van der Waals surface area contributed by atoms with Crippen molar-refractivity contribution < 1.29 is 9.53 Å². The van der Waals surface area contributed by atoms with E-state index in [1.807, 2.05) is 19.1 Å². The van der Waals surface area contributed by atoms with Gasteiger partial charge in [-0.05, 0) is 37.6 Å². The molecule has 104 valence electrons. The summed E-state index contributed by atoms with van der Waals surface area (Å²) in [5.41, 5.74) is 0.181. The summed E-state index contributed by atoms with van der Waals surface area (Å²) >= 11 is 0. The molecule has 0 spiro atoms. The van der Waals surface area contributed by atoms with Crippen LogP contribution in [0.15, 0.2) is 24.5 Å². The van der Waals surface area contributed by atoms with Crippen molar-refractivity contribution in [2.45, 2.75) is 18.9 Å². The molecule has 1 aliphatic heterocycles. The second-order valence-electron chi connectivity index (χ2n) is 4.89. The molecule has 1 aromatic rings. The van der Waals surface area contributed by atoms with Crippen LogP contribution in [0.4, 0.5) is 0 Å². The predicted octanol–water partition coefficient (Wildman–Crippen LogP) is 0.765. The van der Waals surface area contributed by atoms with Crippen LogP contribution in [0, 0.1) is 0 Å². The number of hydrogen-bond acceptors (Lipinski definition) is 5. The molecule has 2 heterocycles.